The van der Waals surface area contributed by atoms with Gasteiger partial charge in [0.05, 0.1) is 0 Å². The number of aryl methyl sites for hydroxylation is 1. The SMILES string of the molecule is O=C(N[C@H]1CCc2cc(Br)ccc2NC1=O)c1cc(Cc2ccccc2)[nH]n1. The summed E-state index contributed by atoms with van der Waals surface area (Å²) in [6.07, 6.45) is 1.88. The summed E-state index contributed by atoms with van der Waals surface area (Å²) < 4.78 is 0.963. The van der Waals surface area contributed by atoms with E-state index in [0.717, 1.165) is 27.0 Å². The summed E-state index contributed by atoms with van der Waals surface area (Å²) in [6.45, 7) is 0. The smallest absolute Gasteiger partial charge is 0.272 e. The van der Waals surface area contributed by atoms with Crippen molar-refractivity contribution in [2.45, 2.75) is 25.3 Å². The fourth-order valence-electron chi connectivity index (χ4n) is 3.30. The van der Waals surface area contributed by atoms with Gasteiger partial charge in [-0.05, 0) is 48.2 Å². The number of hydrogen-bond donors (Lipinski definition) is 3. The van der Waals surface area contributed by atoms with Crippen molar-refractivity contribution in [2.75, 3.05) is 5.32 Å². The van der Waals surface area contributed by atoms with E-state index >= 15 is 0 Å². The molecule has 1 aliphatic heterocycles. The summed E-state index contributed by atoms with van der Waals surface area (Å²) in [6, 6.07) is 16.8. The number of amides is 2. The maximum Gasteiger partial charge on any atom is 0.272 e. The molecule has 3 aromatic rings. The molecule has 7 heteroatoms. The Labute approximate surface area is 170 Å². The minimum Gasteiger partial charge on any atom is -0.339 e. The zero-order valence-corrected chi connectivity index (χ0v) is 16.6. The van der Waals surface area contributed by atoms with Gasteiger partial charge in [0.15, 0.2) is 0 Å². The van der Waals surface area contributed by atoms with Crippen molar-refractivity contribution in [1.82, 2.24) is 15.5 Å². The van der Waals surface area contributed by atoms with E-state index in [1.165, 1.54) is 0 Å². The Bertz CT molecular complexity index is 1020. The average molecular weight is 439 g/mol. The van der Waals surface area contributed by atoms with E-state index in [-0.39, 0.29) is 17.5 Å². The third-order valence-electron chi connectivity index (χ3n) is 4.75. The molecular formula is C21H19BrN4O2. The number of anilines is 1. The lowest BCUT2D eigenvalue weighted by molar-refractivity contribution is -0.118. The van der Waals surface area contributed by atoms with Gasteiger partial charge in [0, 0.05) is 22.3 Å². The van der Waals surface area contributed by atoms with Crippen molar-refractivity contribution in [3.05, 3.63) is 81.6 Å². The van der Waals surface area contributed by atoms with E-state index in [0.29, 0.717) is 19.3 Å². The van der Waals surface area contributed by atoms with Crippen LogP contribution in [0.5, 0.6) is 0 Å². The van der Waals surface area contributed by atoms with Gasteiger partial charge in [-0.25, -0.2) is 0 Å². The minimum atomic E-state index is -0.604. The molecule has 1 aliphatic rings. The lowest BCUT2D eigenvalue weighted by atomic mass is 10.1. The largest absolute Gasteiger partial charge is 0.339 e. The van der Waals surface area contributed by atoms with Crippen molar-refractivity contribution in [2.24, 2.45) is 0 Å². The Hall–Kier alpha value is -2.93. The molecule has 3 N–H and O–H groups in total. The van der Waals surface area contributed by atoms with Gasteiger partial charge < -0.3 is 10.6 Å². The topological polar surface area (TPSA) is 86.9 Å². The number of H-pyrrole nitrogens is 1. The van der Waals surface area contributed by atoms with Crippen LogP contribution in [0.15, 0.2) is 59.1 Å². The van der Waals surface area contributed by atoms with E-state index in [4.69, 9.17) is 0 Å². The van der Waals surface area contributed by atoms with Gasteiger partial charge in [-0.2, -0.15) is 5.10 Å². The lowest BCUT2D eigenvalue weighted by Crippen LogP contribution is -2.43. The van der Waals surface area contributed by atoms with Gasteiger partial charge in [0.25, 0.3) is 5.91 Å². The van der Waals surface area contributed by atoms with Crippen LogP contribution in [0.3, 0.4) is 0 Å². The Morgan fingerprint density at radius 3 is 2.82 bits per heavy atom. The third kappa shape index (κ3) is 4.14. The molecule has 1 aromatic heterocycles. The number of halogens is 1. The average Bonchev–Trinajstić information content (AvgIpc) is 3.10. The summed E-state index contributed by atoms with van der Waals surface area (Å²) in [5.41, 5.74) is 4.09. The molecule has 4 rings (SSSR count). The zero-order valence-electron chi connectivity index (χ0n) is 15.0. The molecule has 142 valence electrons. The third-order valence-corrected chi connectivity index (χ3v) is 5.24. The molecule has 0 fully saturated rings. The van der Waals surface area contributed by atoms with Crippen LogP contribution in [0.4, 0.5) is 5.69 Å². The normalized spacial score (nSPS) is 16.0. The van der Waals surface area contributed by atoms with E-state index in [9.17, 15) is 9.59 Å². The number of benzene rings is 2. The second-order valence-corrected chi connectivity index (χ2v) is 7.71. The molecule has 1 atom stereocenters. The fourth-order valence-corrected chi connectivity index (χ4v) is 3.70. The molecule has 2 heterocycles. The summed E-state index contributed by atoms with van der Waals surface area (Å²) in [5, 5.41) is 12.7. The Balaban J connectivity index is 1.42. The first kappa shape index (κ1) is 18.4. The molecule has 2 amide bonds. The van der Waals surface area contributed by atoms with E-state index in [1.807, 2.05) is 48.5 Å². The number of rotatable bonds is 4. The highest BCUT2D eigenvalue weighted by molar-refractivity contribution is 9.10. The monoisotopic (exact) mass is 438 g/mol. The van der Waals surface area contributed by atoms with Gasteiger partial charge in [0.2, 0.25) is 5.91 Å². The second kappa shape index (κ2) is 7.98. The van der Waals surface area contributed by atoms with Gasteiger partial charge >= 0.3 is 0 Å². The minimum absolute atomic E-state index is 0.213. The molecular weight excluding hydrogens is 420 g/mol. The Morgan fingerprint density at radius 2 is 2.00 bits per heavy atom. The van der Waals surface area contributed by atoms with Gasteiger partial charge in [-0.15, -0.1) is 0 Å². The first-order valence-electron chi connectivity index (χ1n) is 9.07. The standard InChI is InChI=1S/C21H19BrN4O2/c22-15-7-9-17-14(11-15)6-8-18(20(27)23-17)24-21(28)19-12-16(25-26-19)10-13-4-2-1-3-5-13/h1-5,7,9,11-12,18H,6,8,10H2,(H,23,27)(H,24,28)(H,25,26)/t18-/m0/s1. The summed E-state index contributed by atoms with van der Waals surface area (Å²) in [7, 11) is 0. The van der Waals surface area contributed by atoms with Gasteiger partial charge in [-0.1, -0.05) is 46.3 Å². The molecule has 0 saturated heterocycles. The maximum absolute atomic E-state index is 12.6. The highest BCUT2D eigenvalue weighted by atomic mass is 79.9. The predicted octanol–water partition coefficient (Wildman–Crippen LogP) is 3.45. The first-order chi connectivity index (χ1) is 13.6. The van der Waals surface area contributed by atoms with Crippen LogP contribution in [-0.2, 0) is 17.6 Å². The molecule has 28 heavy (non-hydrogen) atoms. The number of carbonyl (C=O) groups is 2. The Morgan fingerprint density at radius 1 is 1.18 bits per heavy atom. The predicted molar refractivity (Wildman–Crippen MR) is 110 cm³/mol. The van der Waals surface area contributed by atoms with Crippen molar-refractivity contribution in [3.63, 3.8) is 0 Å². The summed E-state index contributed by atoms with van der Waals surface area (Å²) in [5.74, 6) is -0.572. The molecule has 0 unspecified atom stereocenters. The first-order valence-corrected chi connectivity index (χ1v) is 9.86. The highest BCUT2D eigenvalue weighted by Crippen LogP contribution is 2.25. The van der Waals surface area contributed by atoms with Crippen molar-refractivity contribution in [3.8, 4) is 0 Å². The second-order valence-electron chi connectivity index (χ2n) is 6.80. The number of nitrogens with zero attached hydrogens (tertiary/aromatic N) is 1. The molecule has 6 nitrogen and oxygen atoms in total. The van der Waals surface area contributed by atoms with E-state index in [1.54, 1.807) is 6.07 Å². The number of nitrogens with one attached hydrogen (secondary N) is 3. The van der Waals surface area contributed by atoms with Crippen LogP contribution >= 0.6 is 15.9 Å². The van der Waals surface area contributed by atoms with Crippen molar-refractivity contribution < 1.29 is 9.59 Å². The Kier molecular flexibility index (Phi) is 5.25. The number of carbonyl (C=O) groups excluding carboxylic acids is 2. The number of aromatic nitrogens is 2. The van der Waals surface area contributed by atoms with Crippen molar-refractivity contribution >= 4 is 33.4 Å². The zero-order chi connectivity index (χ0) is 19.5. The van der Waals surface area contributed by atoms with Crippen LogP contribution < -0.4 is 10.6 Å². The molecule has 0 saturated carbocycles. The quantitative estimate of drug-likeness (QED) is 0.582. The van der Waals surface area contributed by atoms with Gasteiger partial charge in [-0.3, -0.25) is 14.7 Å². The van der Waals surface area contributed by atoms with Crippen LogP contribution in [0.2, 0.25) is 0 Å². The van der Waals surface area contributed by atoms with E-state index < -0.39 is 6.04 Å². The van der Waals surface area contributed by atoms with Crippen LogP contribution in [-0.4, -0.2) is 28.1 Å². The number of aromatic amines is 1. The molecule has 0 aliphatic carbocycles. The van der Waals surface area contributed by atoms with Crippen LogP contribution in [0, 0.1) is 0 Å². The molecule has 0 radical (unpaired) electrons. The highest BCUT2D eigenvalue weighted by Gasteiger charge is 2.26. The van der Waals surface area contributed by atoms with Gasteiger partial charge in [0.1, 0.15) is 11.7 Å². The van der Waals surface area contributed by atoms with Crippen LogP contribution in [0.25, 0.3) is 0 Å². The number of fused-ring (bicyclic) bond motifs is 1. The number of hydrogen-bond acceptors (Lipinski definition) is 3. The summed E-state index contributed by atoms with van der Waals surface area (Å²) in [4.78, 5) is 25.1. The van der Waals surface area contributed by atoms with Crippen molar-refractivity contribution in [1.29, 1.82) is 0 Å². The molecule has 0 spiro atoms. The molecule has 2 aromatic carbocycles. The maximum atomic E-state index is 12.6. The molecule has 0 bridgehead atoms. The summed E-state index contributed by atoms with van der Waals surface area (Å²) >= 11 is 3.45. The fraction of sp³-hybridized carbons (Fsp3) is 0.190. The van der Waals surface area contributed by atoms with E-state index in [2.05, 4.69) is 36.8 Å². The lowest BCUT2D eigenvalue weighted by Gasteiger charge is -2.14. The van der Waals surface area contributed by atoms with Crippen LogP contribution in [0.1, 0.15) is 33.7 Å².